The summed E-state index contributed by atoms with van der Waals surface area (Å²) in [6.45, 7) is 0.565. The number of imide groups is 1. The summed E-state index contributed by atoms with van der Waals surface area (Å²) in [5.74, 6) is -0.221. The molecule has 0 N–H and O–H groups in total. The van der Waals surface area contributed by atoms with Crippen molar-refractivity contribution >= 4 is 39.1 Å². The van der Waals surface area contributed by atoms with E-state index in [2.05, 4.69) is 15.9 Å². The Bertz CT molecular complexity index is 428. The van der Waals surface area contributed by atoms with Crippen LogP contribution in [0.15, 0.2) is 10.8 Å². The molecule has 0 aliphatic carbocycles. The minimum absolute atomic E-state index is 0.111. The highest BCUT2D eigenvalue weighted by Gasteiger charge is 2.35. The maximum Gasteiger partial charge on any atom is 0.262 e. The van der Waals surface area contributed by atoms with Crippen molar-refractivity contribution in [3.05, 3.63) is 21.9 Å². The monoisotopic (exact) mass is 343 g/mol. The number of hydrogen-bond donors (Lipinski definition) is 0. The van der Waals surface area contributed by atoms with Crippen molar-refractivity contribution in [3.8, 4) is 0 Å². The third kappa shape index (κ3) is 3.45. The van der Waals surface area contributed by atoms with Gasteiger partial charge in [-0.1, -0.05) is 41.6 Å². The van der Waals surface area contributed by atoms with Crippen molar-refractivity contribution in [2.45, 2.75) is 38.5 Å². The van der Waals surface area contributed by atoms with Crippen LogP contribution in [0.25, 0.3) is 0 Å². The van der Waals surface area contributed by atoms with Gasteiger partial charge in [0.05, 0.1) is 11.1 Å². The first-order valence-electron chi connectivity index (χ1n) is 6.74. The van der Waals surface area contributed by atoms with Gasteiger partial charge in [-0.15, -0.1) is 0 Å². The third-order valence-electron chi connectivity index (χ3n) is 3.38. The summed E-state index contributed by atoms with van der Waals surface area (Å²) >= 11 is 4.84. The molecular formula is C14H18BrNO2S. The number of unbranched alkanes of at least 4 members (excludes halogenated alkanes) is 5. The zero-order valence-electron chi connectivity index (χ0n) is 10.9. The van der Waals surface area contributed by atoms with E-state index in [9.17, 15) is 9.59 Å². The fourth-order valence-electron chi connectivity index (χ4n) is 2.29. The van der Waals surface area contributed by atoms with Crippen LogP contribution in [0, 0.1) is 0 Å². The lowest BCUT2D eigenvalue weighted by molar-refractivity contribution is 0.0651. The summed E-state index contributed by atoms with van der Waals surface area (Å²) in [7, 11) is 0. The van der Waals surface area contributed by atoms with Crippen molar-refractivity contribution in [1.29, 1.82) is 0 Å². The first-order chi connectivity index (χ1) is 9.25. The number of rotatable bonds is 8. The number of carbonyl (C=O) groups excluding carboxylic acids is 2. The van der Waals surface area contributed by atoms with Crippen LogP contribution in [0.2, 0.25) is 0 Å². The molecule has 0 saturated heterocycles. The average molecular weight is 344 g/mol. The Morgan fingerprint density at radius 3 is 2.00 bits per heavy atom. The number of hydrogen-bond acceptors (Lipinski definition) is 3. The molecule has 0 unspecified atom stereocenters. The van der Waals surface area contributed by atoms with Crippen LogP contribution in [-0.4, -0.2) is 28.6 Å². The number of halogens is 1. The highest BCUT2D eigenvalue weighted by molar-refractivity contribution is 9.09. The molecule has 0 bridgehead atoms. The number of nitrogens with zero attached hydrogens (tertiary/aromatic N) is 1. The van der Waals surface area contributed by atoms with Gasteiger partial charge in [0.1, 0.15) is 0 Å². The molecule has 19 heavy (non-hydrogen) atoms. The van der Waals surface area contributed by atoms with E-state index in [4.69, 9.17) is 0 Å². The predicted molar refractivity (Wildman–Crippen MR) is 81.2 cm³/mol. The number of fused-ring (bicyclic) bond motifs is 1. The molecule has 2 rings (SSSR count). The largest absolute Gasteiger partial charge is 0.274 e. The second kappa shape index (κ2) is 7.20. The van der Waals surface area contributed by atoms with E-state index < -0.39 is 0 Å². The zero-order chi connectivity index (χ0) is 13.7. The molecule has 5 heteroatoms. The normalized spacial score (nSPS) is 14.3. The lowest BCUT2D eigenvalue weighted by atomic mass is 10.1. The molecule has 1 aromatic rings. The smallest absolute Gasteiger partial charge is 0.262 e. The standard InChI is InChI=1S/C14H18BrNO2S/c15-7-5-3-1-2-4-6-8-16-13(17)11-9-19-10-12(11)14(16)18/h9-10H,1-8H2. The first kappa shape index (κ1) is 14.7. The minimum atomic E-state index is -0.111. The number of alkyl halides is 1. The molecule has 2 amide bonds. The molecular weight excluding hydrogens is 326 g/mol. The third-order valence-corrected chi connectivity index (χ3v) is 4.68. The summed E-state index contributed by atoms with van der Waals surface area (Å²) in [5.41, 5.74) is 1.18. The molecule has 1 aliphatic rings. The van der Waals surface area contributed by atoms with Gasteiger partial charge in [-0.25, -0.2) is 0 Å². The Balaban J connectivity index is 1.69. The molecule has 3 nitrogen and oxygen atoms in total. The van der Waals surface area contributed by atoms with E-state index in [1.165, 1.54) is 41.9 Å². The van der Waals surface area contributed by atoms with Crippen LogP contribution < -0.4 is 0 Å². The van der Waals surface area contributed by atoms with Gasteiger partial charge in [0.2, 0.25) is 0 Å². The summed E-state index contributed by atoms with van der Waals surface area (Å²) < 4.78 is 0. The van der Waals surface area contributed by atoms with E-state index in [-0.39, 0.29) is 11.8 Å². The van der Waals surface area contributed by atoms with Crippen LogP contribution in [0.3, 0.4) is 0 Å². The van der Waals surface area contributed by atoms with Gasteiger partial charge in [-0.2, -0.15) is 11.3 Å². The molecule has 0 atom stereocenters. The second-order valence-electron chi connectivity index (χ2n) is 4.77. The first-order valence-corrected chi connectivity index (χ1v) is 8.80. The number of amides is 2. The Morgan fingerprint density at radius 2 is 1.42 bits per heavy atom. The molecule has 0 saturated carbocycles. The van der Waals surface area contributed by atoms with Gasteiger partial charge in [0.15, 0.2) is 0 Å². The van der Waals surface area contributed by atoms with Crippen molar-refractivity contribution in [1.82, 2.24) is 4.90 Å². The zero-order valence-corrected chi connectivity index (χ0v) is 13.3. The molecule has 0 spiro atoms. The summed E-state index contributed by atoms with van der Waals surface area (Å²) in [5, 5.41) is 4.62. The Hall–Kier alpha value is -0.680. The SMILES string of the molecule is O=C1c2cscc2C(=O)N1CCCCCCCCBr. The van der Waals surface area contributed by atoms with E-state index in [0.717, 1.165) is 18.2 Å². The fraction of sp³-hybridized carbons (Fsp3) is 0.571. The van der Waals surface area contributed by atoms with Crippen molar-refractivity contribution in [3.63, 3.8) is 0 Å². The van der Waals surface area contributed by atoms with Gasteiger partial charge in [0, 0.05) is 22.6 Å². The highest BCUT2D eigenvalue weighted by Crippen LogP contribution is 2.26. The summed E-state index contributed by atoms with van der Waals surface area (Å²) in [6, 6.07) is 0. The van der Waals surface area contributed by atoms with E-state index in [1.807, 2.05) is 0 Å². The van der Waals surface area contributed by atoms with Crippen molar-refractivity contribution < 1.29 is 9.59 Å². The molecule has 0 fully saturated rings. The average Bonchev–Trinajstić information content (AvgIpc) is 2.96. The van der Waals surface area contributed by atoms with E-state index >= 15 is 0 Å². The van der Waals surface area contributed by atoms with E-state index in [0.29, 0.717) is 17.7 Å². The van der Waals surface area contributed by atoms with Gasteiger partial charge >= 0.3 is 0 Å². The fourth-order valence-corrected chi connectivity index (χ4v) is 3.48. The molecule has 0 aromatic carbocycles. The topological polar surface area (TPSA) is 37.4 Å². The minimum Gasteiger partial charge on any atom is -0.274 e. The van der Waals surface area contributed by atoms with Gasteiger partial charge in [-0.05, 0) is 12.8 Å². The highest BCUT2D eigenvalue weighted by atomic mass is 79.9. The summed E-state index contributed by atoms with van der Waals surface area (Å²) in [6.07, 6.45) is 6.91. The molecule has 2 heterocycles. The van der Waals surface area contributed by atoms with Crippen molar-refractivity contribution in [2.75, 3.05) is 11.9 Å². The molecule has 1 aliphatic heterocycles. The maximum absolute atomic E-state index is 12.0. The molecule has 0 radical (unpaired) electrons. The predicted octanol–water partition coefficient (Wildman–Crippen LogP) is 4.08. The summed E-state index contributed by atoms with van der Waals surface area (Å²) in [4.78, 5) is 25.4. The maximum atomic E-state index is 12.0. The Kier molecular flexibility index (Phi) is 5.58. The number of carbonyl (C=O) groups is 2. The van der Waals surface area contributed by atoms with Crippen LogP contribution in [0.5, 0.6) is 0 Å². The van der Waals surface area contributed by atoms with Gasteiger partial charge in [-0.3, -0.25) is 14.5 Å². The van der Waals surface area contributed by atoms with Crippen LogP contribution in [0.4, 0.5) is 0 Å². The molecule has 1 aromatic heterocycles. The van der Waals surface area contributed by atoms with Crippen LogP contribution in [0.1, 0.15) is 59.2 Å². The Labute approximate surface area is 126 Å². The quantitative estimate of drug-likeness (QED) is 0.405. The van der Waals surface area contributed by atoms with E-state index in [1.54, 1.807) is 10.8 Å². The van der Waals surface area contributed by atoms with Crippen LogP contribution in [-0.2, 0) is 0 Å². The number of thiophene rings is 1. The lowest BCUT2D eigenvalue weighted by Gasteiger charge is -2.13. The Morgan fingerprint density at radius 1 is 0.895 bits per heavy atom. The van der Waals surface area contributed by atoms with Crippen molar-refractivity contribution in [2.24, 2.45) is 0 Å². The van der Waals surface area contributed by atoms with Gasteiger partial charge in [0.25, 0.3) is 11.8 Å². The molecule has 104 valence electrons. The van der Waals surface area contributed by atoms with Gasteiger partial charge < -0.3 is 0 Å². The lowest BCUT2D eigenvalue weighted by Crippen LogP contribution is -2.30. The van der Waals surface area contributed by atoms with Crippen LogP contribution >= 0.6 is 27.3 Å². The second-order valence-corrected chi connectivity index (χ2v) is 6.31.